The highest BCUT2D eigenvalue weighted by Crippen LogP contribution is 2.37. The molecule has 128 valence electrons. The van der Waals surface area contributed by atoms with Gasteiger partial charge in [-0.25, -0.2) is 4.98 Å². The Bertz CT molecular complexity index is 834. The molecule has 0 aliphatic carbocycles. The summed E-state index contributed by atoms with van der Waals surface area (Å²) >= 11 is 0. The summed E-state index contributed by atoms with van der Waals surface area (Å²) in [7, 11) is 2.98. The molecular formula is C18H18N4O3. The van der Waals surface area contributed by atoms with E-state index in [1.807, 2.05) is 35.0 Å². The lowest BCUT2D eigenvalue weighted by atomic mass is 10.2. The van der Waals surface area contributed by atoms with Crippen LogP contribution < -0.4 is 9.47 Å². The van der Waals surface area contributed by atoms with E-state index >= 15 is 0 Å². The number of aromatic hydroxyl groups is 1. The van der Waals surface area contributed by atoms with E-state index in [-0.39, 0.29) is 5.75 Å². The average Bonchev–Trinajstić information content (AvgIpc) is 3.18. The van der Waals surface area contributed by atoms with Crippen molar-refractivity contribution < 1.29 is 14.6 Å². The van der Waals surface area contributed by atoms with Gasteiger partial charge in [-0.1, -0.05) is 0 Å². The second-order valence-corrected chi connectivity index (χ2v) is 5.23. The molecule has 3 rings (SSSR count). The molecule has 0 radical (unpaired) electrons. The molecule has 0 saturated carbocycles. The third-order valence-corrected chi connectivity index (χ3v) is 3.63. The van der Waals surface area contributed by atoms with Crippen molar-refractivity contribution in [2.45, 2.75) is 6.54 Å². The van der Waals surface area contributed by atoms with Crippen molar-refractivity contribution in [3.63, 3.8) is 0 Å². The molecule has 0 saturated heterocycles. The molecule has 25 heavy (non-hydrogen) atoms. The Hall–Kier alpha value is -3.35. The van der Waals surface area contributed by atoms with Crippen LogP contribution >= 0.6 is 0 Å². The molecule has 7 nitrogen and oxygen atoms in total. The fourth-order valence-corrected chi connectivity index (χ4v) is 2.34. The highest BCUT2D eigenvalue weighted by atomic mass is 16.5. The summed E-state index contributed by atoms with van der Waals surface area (Å²) in [5, 5.41) is 18.3. The third-order valence-electron chi connectivity index (χ3n) is 3.63. The molecule has 0 spiro atoms. The van der Waals surface area contributed by atoms with E-state index in [0.717, 1.165) is 16.9 Å². The minimum atomic E-state index is -0.0271. The second-order valence-electron chi connectivity index (χ2n) is 5.23. The Labute approximate surface area is 145 Å². The number of ether oxygens (including phenoxy) is 2. The molecule has 0 bridgehead atoms. The number of hydrogen-bond acceptors (Lipinski definition) is 6. The lowest BCUT2D eigenvalue weighted by Gasteiger charge is -2.09. The van der Waals surface area contributed by atoms with Crippen LogP contribution in [0.1, 0.15) is 5.56 Å². The first-order chi connectivity index (χ1) is 12.2. The zero-order valence-corrected chi connectivity index (χ0v) is 14.0. The normalized spacial score (nSPS) is 11.0. The number of hydrogen-bond donors (Lipinski definition) is 1. The molecule has 1 aromatic heterocycles. The maximum absolute atomic E-state index is 9.91. The first-order valence-electron chi connectivity index (χ1n) is 7.61. The fourth-order valence-electron chi connectivity index (χ4n) is 2.34. The molecule has 0 amide bonds. The van der Waals surface area contributed by atoms with Gasteiger partial charge in [-0.15, -0.1) is 0 Å². The topological polar surface area (TPSA) is 81.2 Å². The highest BCUT2D eigenvalue weighted by Gasteiger charge is 2.10. The average molecular weight is 338 g/mol. The van der Waals surface area contributed by atoms with Crippen LogP contribution in [0.4, 0.5) is 5.69 Å². The summed E-state index contributed by atoms with van der Waals surface area (Å²) in [5.41, 5.74) is 2.58. The quantitative estimate of drug-likeness (QED) is 0.692. The monoisotopic (exact) mass is 338 g/mol. The third kappa shape index (κ3) is 3.77. The molecular weight excluding hydrogens is 320 g/mol. The maximum atomic E-state index is 9.91. The van der Waals surface area contributed by atoms with Crippen molar-refractivity contribution in [3.8, 4) is 22.9 Å². The predicted molar refractivity (Wildman–Crippen MR) is 93.0 cm³/mol. The summed E-state index contributed by atoms with van der Waals surface area (Å²) in [4.78, 5) is 4.02. The van der Waals surface area contributed by atoms with Crippen molar-refractivity contribution in [2.24, 2.45) is 10.2 Å². The van der Waals surface area contributed by atoms with Crippen molar-refractivity contribution in [2.75, 3.05) is 14.2 Å². The molecule has 3 aromatic rings. The molecule has 1 N–H and O–H groups in total. The highest BCUT2D eigenvalue weighted by molar-refractivity contribution is 5.52. The smallest absolute Gasteiger partial charge is 0.200 e. The second kappa shape index (κ2) is 7.48. The van der Waals surface area contributed by atoms with E-state index in [2.05, 4.69) is 15.2 Å². The Kier molecular flexibility index (Phi) is 4.94. The summed E-state index contributed by atoms with van der Waals surface area (Å²) in [6, 6.07) is 11.1. The lowest BCUT2D eigenvalue weighted by Crippen LogP contribution is -1.92. The van der Waals surface area contributed by atoms with Gasteiger partial charge in [0.05, 0.1) is 32.8 Å². The minimum Gasteiger partial charge on any atom is -0.502 e. The van der Waals surface area contributed by atoms with Crippen LogP contribution in [0, 0.1) is 0 Å². The van der Waals surface area contributed by atoms with Crippen molar-refractivity contribution in [3.05, 3.63) is 60.7 Å². The zero-order chi connectivity index (χ0) is 17.6. The van der Waals surface area contributed by atoms with Crippen molar-refractivity contribution in [1.82, 2.24) is 9.55 Å². The number of nitrogens with zero attached hydrogens (tertiary/aromatic N) is 4. The van der Waals surface area contributed by atoms with E-state index in [1.165, 1.54) is 14.2 Å². The lowest BCUT2D eigenvalue weighted by molar-refractivity contribution is 0.339. The molecule has 0 aliphatic heterocycles. The number of phenolic OH excluding ortho intramolecular Hbond substituents is 1. The molecule has 0 unspecified atom stereocenters. The molecule has 2 aromatic carbocycles. The van der Waals surface area contributed by atoms with Crippen molar-refractivity contribution >= 4 is 5.69 Å². The van der Waals surface area contributed by atoms with Gasteiger partial charge in [0, 0.05) is 18.1 Å². The summed E-state index contributed by atoms with van der Waals surface area (Å²) in [5.74, 6) is 0.657. The van der Waals surface area contributed by atoms with Gasteiger partial charge in [-0.05, 0) is 42.0 Å². The van der Waals surface area contributed by atoms with E-state index < -0.39 is 0 Å². The number of phenols is 1. The Morgan fingerprint density at radius 3 is 2.32 bits per heavy atom. The predicted octanol–water partition coefficient (Wildman–Crippen LogP) is 3.88. The van der Waals surface area contributed by atoms with Gasteiger partial charge < -0.3 is 19.1 Å². The first-order valence-corrected chi connectivity index (χ1v) is 7.61. The van der Waals surface area contributed by atoms with Crippen LogP contribution in [0.15, 0.2) is 65.3 Å². The van der Waals surface area contributed by atoms with Crippen LogP contribution in [-0.4, -0.2) is 28.9 Å². The molecule has 0 aliphatic rings. The number of aromatic nitrogens is 2. The summed E-state index contributed by atoms with van der Waals surface area (Å²) in [6.07, 6.45) is 5.35. The molecule has 7 heteroatoms. The van der Waals surface area contributed by atoms with Gasteiger partial charge in [0.15, 0.2) is 11.5 Å². The molecule has 0 atom stereocenters. The number of methoxy groups -OCH3 is 2. The molecule has 0 fully saturated rings. The SMILES string of the molecule is COc1cc(CN=Nc2ccc(-n3ccnc3)cc2)cc(OC)c1O. The van der Waals surface area contributed by atoms with Gasteiger partial charge in [-0.3, -0.25) is 0 Å². The first kappa shape index (κ1) is 16.5. The number of rotatable bonds is 6. The van der Waals surface area contributed by atoms with Gasteiger partial charge >= 0.3 is 0 Å². The fraction of sp³-hybridized carbons (Fsp3) is 0.167. The van der Waals surface area contributed by atoms with Gasteiger partial charge in [-0.2, -0.15) is 10.2 Å². The van der Waals surface area contributed by atoms with Crippen LogP contribution in [0.25, 0.3) is 5.69 Å². The van der Waals surface area contributed by atoms with Crippen LogP contribution in [-0.2, 0) is 6.54 Å². The van der Waals surface area contributed by atoms with E-state index in [1.54, 1.807) is 24.7 Å². The Morgan fingerprint density at radius 2 is 1.76 bits per heavy atom. The zero-order valence-electron chi connectivity index (χ0n) is 14.0. The van der Waals surface area contributed by atoms with Gasteiger partial charge in [0.1, 0.15) is 0 Å². The Balaban J connectivity index is 1.71. The van der Waals surface area contributed by atoms with Crippen LogP contribution in [0.2, 0.25) is 0 Å². The number of imidazole rings is 1. The maximum Gasteiger partial charge on any atom is 0.200 e. The van der Waals surface area contributed by atoms with E-state index in [4.69, 9.17) is 9.47 Å². The van der Waals surface area contributed by atoms with Crippen LogP contribution in [0.3, 0.4) is 0 Å². The summed E-state index contributed by atoms with van der Waals surface area (Å²) < 4.78 is 12.2. The van der Waals surface area contributed by atoms with E-state index in [9.17, 15) is 5.11 Å². The van der Waals surface area contributed by atoms with Crippen molar-refractivity contribution in [1.29, 1.82) is 0 Å². The van der Waals surface area contributed by atoms with Gasteiger partial charge in [0.25, 0.3) is 0 Å². The minimum absolute atomic E-state index is 0.0271. The largest absolute Gasteiger partial charge is 0.502 e. The standard InChI is InChI=1S/C18H18N4O3/c1-24-16-9-13(10-17(25-2)18(16)23)11-20-21-14-3-5-15(6-4-14)22-8-7-19-12-22/h3-10,12,23H,11H2,1-2H3. The number of azo groups is 1. The van der Waals surface area contributed by atoms with E-state index in [0.29, 0.717) is 18.0 Å². The molecule has 1 heterocycles. The van der Waals surface area contributed by atoms with Gasteiger partial charge in [0.2, 0.25) is 5.75 Å². The summed E-state index contributed by atoms with van der Waals surface area (Å²) in [6.45, 7) is 0.344. The van der Waals surface area contributed by atoms with Crippen LogP contribution in [0.5, 0.6) is 17.2 Å². The Morgan fingerprint density at radius 1 is 1.08 bits per heavy atom. The number of benzene rings is 2.